The van der Waals surface area contributed by atoms with Gasteiger partial charge in [-0.1, -0.05) is 24.3 Å². The van der Waals surface area contributed by atoms with Gasteiger partial charge in [0.25, 0.3) is 0 Å². The summed E-state index contributed by atoms with van der Waals surface area (Å²) in [4.78, 5) is 6.87. The Balaban J connectivity index is 0.00000208. The van der Waals surface area contributed by atoms with Crippen molar-refractivity contribution >= 4 is 29.9 Å². The van der Waals surface area contributed by atoms with Gasteiger partial charge in [-0.25, -0.2) is 0 Å². The molecule has 2 aliphatic rings. The summed E-state index contributed by atoms with van der Waals surface area (Å²) in [7, 11) is 3.67. The van der Waals surface area contributed by atoms with Crippen molar-refractivity contribution in [1.82, 2.24) is 10.2 Å². The second-order valence-electron chi connectivity index (χ2n) is 7.05. The molecule has 0 aromatic heterocycles. The van der Waals surface area contributed by atoms with E-state index in [1.54, 1.807) is 7.11 Å². The van der Waals surface area contributed by atoms with Crippen molar-refractivity contribution in [2.24, 2.45) is 10.9 Å². The summed E-state index contributed by atoms with van der Waals surface area (Å²) in [6, 6.07) is 8.80. The van der Waals surface area contributed by atoms with Gasteiger partial charge in [0.15, 0.2) is 5.96 Å². The Morgan fingerprint density at radius 1 is 1.38 bits per heavy atom. The summed E-state index contributed by atoms with van der Waals surface area (Å²) in [6.45, 7) is 6.17. The fourth-order valence-corrected chi connectivity index (χ4v) is 3.84. The van der Waals surface area contributed by atoms with E-state index in [0.717, 1.165) is 32.2 Å². The molecule has 3 rings (SSSR count). The number of benzene rings is 1. The normalized spacial score (nSPS) is 22.2. The number of guanidine groups is 1. The van der Waals surface area contributed by atoms with E-state index >= 15 is 0 Å². The van der Waals surface area contributed by atoms with E-state index in [4.69, 9.17) is 4.74 Å². The molecule has 0 bridgehead atoms. The molecule has 0 amide bonds. The van der Waals surface area contributed by atoms with Crippen molar-refractivity contribution in [3.05, 3.63) is 35.4 Å². The molecule has 24 heavy (non-hydrogen) atoms. The predicted octanol–water partition coefficient (Wildman–Crippen LogP) is 3.19. The van der Waals surface area contributed by atoms with Gasteiger partial charge < -0.3 is 15.0 Å². The highest BCUT2D eigenvalue weighted by atomic mass is 127. The first-order chi connectivity index (χ1) is 11.2. The molecule has 1 aliphatic carbocycles. The lowest BCUT2D eigenvalue weighted by Crippen LogP contribution is -2.43. The van der Waals surface area contributed by atoms with Gasteiger partial charge >= 0.3 is 0 Å². The zero-order valence-corrected chi connectivity index (χ0v) is 17.4. The van der Waals surface area contributed by atoms with E-state index in [2.05, 4.69) is 46.4 Å². The number of ether oxygens (including phenoxy) is 1. The minimum Gasteiger partial charge on any atom is -0.384 e. The summed E-state index contributed by atoms with van der Waals surface area (Å²) >= 11 is 0. The minimum absolute atomic E-state index is 0. The zero-order valence-electron chi connectivity index (χ0n) is 15.0. The van der Waals surface area contributed by atoms with E-state index in [9.17, 15) is 0 Å². The van der Waals surface area contributed by atoms with Crippen molar-refractivity contribution in [3.8, 4) is 0 Å². The lowest BCUT2D eigenvalue weighted by molar-refractivity contribution is 0.157. The van der Waals surface area contributed by atoms with Crippen LogP contribution in [0.4, 0.5) is 0 Å². The van der Waals surface area contributed by atoms with E-state index < -0.39 is 0 Å². The van der Waals surface area contributed by atoms with Gasteiger partial charge in [-0.3, -0.25) is 4.99 Å². The quantitative estimate of drug-likeness (QED) is 0.432. The fraction of sp³-hybridized carbons (Fsp3) is 0.632. The van der Waals surface area contributed by atoms with Crippen LogP contribution in [0.25, 0.3) is 0 Å². The Morgan fingerprint density at radius 3 is 2.75 bits per heavy atom. The number of methoxy groups -OCH3 is 1. The fourth-order valence-electron chi connectivity index (χ4n) is 3.84. The molecule has 1 unspecified atom stereocenters. The molecule has 0 radical (unpaired) electrons. The van der Waals surface area contributed by atoms with Crippen molar-refractivity contribution in [2.45, 2.75) is 31.6 Å². The molecule has 5 heteroatoms. The Labute approximate surface area is 163 Å². The minimum atomic E-state index is 0. The summed E-state index contributed by atoms with van der Waals surface area (Å²) in [5, 5.41) is 3.64. The van der Waals surface area contributed by atoms with Crippen molar-refractivity contribution in [1.29, 1.82) is 0 Å². The molecule has 1 saturated carbocycles. The summed E-state index contributed by atoms with van der Waals surface area (Å²) in [5.41, 5.74) is 3.22. The number of nitrogens with zero attached hydrogens (tertiary/aromatic N) is 2. The second-order valence-corrected chi connectivity index (χ2v) is 7.05. The molecule has 1 aromatic carbocycles. The first-order valence-corrected chi connectivity index (χ1v) is 8.69. The van der Waals surface area contributed by atoms with Crippen LogP contribution in [0.1, 0.15) is 30.4 Å². The molecule has 4 nitrogen and oxygen atoms in total. The second kappa shape index (κ2) is 8.52. The van der Waals surface area contributed by atoms with E-state index in [1.165, 1.54) is 30.4 Å². The molecule has 1 heterocycles. The van der Waals surface area contributed by atoms with E-state index in [1.807, 2.05) is 7.05 Å². The van der Waals surface area contributed by atoms with Gasteiger partial charge in [0, 0.05) is 45.1 Å². The van der Waals surface area contributed by atoms with Gasteiger partial charge in [-0.15, -0.1) is 24.0 Å². The third kappa shape index (κ3) is 4.23. The monoisotopic (exact) mass is 443 g/mol. The topological polar surface area (TPSA) is 36.9 Å². The molecule has 1 N–H and O–H groups in total. The number of likely N-dealkylation sites (tertiary alicyclic amines) is 1. The van der Waals surface area contributed by atoms with E-state index in [-0.39, 0.29) is 24.0 Å². The van der Waals surface area contributed by atoms with Crippen LogP contribution in [0, 0.1) is 12.8 Å². The maximum Gasteiger partial charge on any atom is 0.193 e. The predicted molar refractivity (Wildman–Crippen MR) is 110 cm³/mol. The molecule has 2 fully saturated rings. The molecule has 134 valence electrons. The molecular formula is C19H30IN3O. The van der Waals surface area contributed by atoms with Crippen LogP contribution in [0.3, 0.4) is 0 Å². The Kier molecular flexibility index (Phi) is 6.92. The number of aliphatic imine (C=N–C) groups is 1. The van der Waals surface area contributed by atoms with Crippen LogP contribution in [0.2, 0.25) is 0 Å². The average Bonchev–Trinajstić information content (AvgIpc) is 3.20. The maximum absolute atomic E-state index is 5.30. The van der Waals surface area contributed by atoms with Crippen LogP contribution in [-0.4, -0.2) is 51.3 Å². The van der Waals surface area contributed by atoms with Gasteiger partial charge in [0.05, 0.1) is 6.61 Å². The molecule has 1 saturated heterocycles. The van der Waals surface area contributed by atoms with E-state index in [0.29, 0.717) is 11.3 Å². The Morgan fingerprint density at radius 2 is 2.12 bits per heavy atom. The highest BCUT2D eigenvalue weighted by molar-refractivity contribution is 14.0. The van der Waals surface area contributed by atoms with Crippen LogP contribution in [0.15, 0.2) is 29.3 Å². The number of rotatable bonds is 5. The van der Waals surface area contributed by atoms with Crippen molar-refractivity contribution in [3.63, 3.8) is 0 Å². The molecular weight excluding hydrogens is 413 g/mol. The summed E-state index contributed by atoms with van der Waals surface area (Å²) in [6.07, 6.45) is 3.74. The zero-order chi connectivity index (χ0) is 16.3. The Bertz CT molecular complexity index is 571. The standard InChI is InChI=1S/C19H29N3O.HI/c1-15-6-4-5-7-17(15)19(9-10-19)14-21-18(20-2)22-11-8-16(12-22)13-23-3;/h4-7,16H,8-14H2,1-3H3,(H,20,21);1H. The first kappa shape index (κ1) is 19.5. The van der Waals surface area contributed by atoms with Crippen LogP contribution >= 0.6 is 24.0 Å². The maximum atomic E-state index is 5.30. The van der Waals surface area contributed by atoms with Gasteiger partial charge in [-0.05, 0) is 37.3 Å². The van der Waals surface area contributed by atoms with Crippen molar-refractivity contribution in [2.75, 3.05) is 40.4 Å². The summed E-state index contributed by atoms with van der Waals surface area (Å²) < 4.78 is 5.30. The number of halogens is 1. The van der Waals surface area contributed by atoms with Crippen LogP contribution < -0.4 is 5.32 Å². The largest absolute Gasteiger partial charge is 0.384 e. The Hall–Kier alpha value is -0.820. The molecule has 1 aliphatic heterocycles. The number of aryl methyl sites for hydroxylation is 1. The lowest BCUT2D eigenvalue weighted by atomic mass is 9.92. The third-order valence-electron chi connectivity index (χ3n) is 5.35. The number of nitrogens with one attached hydrogen (secondary N) is 1. The molecule has 1 aromatic rings. The molecule has 0 spiro atoms. The van der Waals surface area contributed by atoms with Crippen LogP contribution in [0.5, 0.6) is 0 Å². The number of hydrogen-bond acceptors (Lipinski definition) is 2. The van der Waals surface area contributed by atoms with Crippen LogP contribution in [-0.2, 0) is 10.2 Å². The molecule has 1 atom stereocenters. The highest BCUT2D eigenvalue weighted by Crippen LogP contribution is 2.48. The SMILES string of the molecule is CN=C(NCC1(c2ccccc2C)CC1)N1CCC(COC)C1.I. The number of hydrogen-bond donors (Lipinski definition) is 1. The smallest absolute Gasteiger partial charge is 0.193 e. The van der Waals surface area contributed by atoms with Gasteiger partial charge in [0.2, 0.25) is 0 Å². The van der Waals surface area contributed by atoms with Crippen molar-refractivity contribution < 1.29 is 4.74 Å². The summed E-state index contributed by atoms with van der Waals surface area (Å²) in [5.74, 6) is 1.67. The van der Waals surface area contributed by atoms with Gasteiger partial charge in [-0.2, -0.15) is 0 Å². The third-order valence-corrected chi connectivity index (χ3v) is 5.35. The first-order valence-electron chi connectivity index (χ1n) is 8.69. The highest BCUT2D eigenvalue weighted by Gasteiger charge is 2.45. The van der Waals surface area contributed by atoms with Gasteiger partial charge in [0.1, 0.15) is 0 Å². The average molecular weight is 443 g/mol. The lowest BCUT2D eigenvalue weighted by Gasteiger charge is -2.25.